The molecule has 0 amide bonds. The van der Waals surface area contributed by atoms with E-state index in [2.05, 4.69) is 119 Å². The molecule has 0 aromatic rings. The molecule has 0 saturated carbocycles. The van der Waals surface area contributed by atoms with Crippen LogP contribution in [-0.2, 0) is 0 Å². The van der Waals surface area contributed by atoms with E-state index in [1.807, 2.05) is 0 Å². The first-order valence-electron chi connectivity index (χ1n) is 14.1. The highest BCUT2D eigenvalue weighted by molar-refractivity contribution is 7.61. The predicted molar refractivity (Wildman–Crippen MR) is 180 cm³/mol. The Labute approximate surface area is 219 Å². The summed E-state index contributed by atoms with van der Waals surface area (Å²) in [6.07, 6.45) is 3.32. The number of hydrogen-bond acceptors (Lipinski definition) is 0. The average Bonchev–Trinajstić information content (AvgIpc) is 2.58. The molecular formula is C25H64Si8. The van der Waals surface area contributed by atoms with Gasteiger partial charge in [-0.2, -0.15) is 0 Å². The average molecular weight is 589 g/mol. The monoisotopic (exact) mass is 588 g/mol. The van der Waals surface area contributed by atoms with E-state index in [-0.39, 0.29) is 14.8 Å². The number of hydrogen-bond donors (Lipinski definition) is 0. The Balaban J connectivity index is 4.74. The summed E-state index contributed by atoms with van der Waals surface area (Å²) >= 11 is 0. The van der Waals surface area contributed by atoms with Gasteiger partial charge in [0.1, 0.15) is 0 Å². The molecule has 0 atom stereocenters. The third-order valence-electron chi connectivity index (χ3n) is 10.4. The maximum Gasteiger partial charge on any atom is 0.0584 e. The minimum atomic E-state index is -1.34. The third kappa shape index (κ3) is 5.09. The molecule has 0 aliphatic carbocycles. The highest BCUT2D eigenvalue weighted by atomic mass is 29.6. The van der Waals surface area contributed by atoms with Crippen molar-refractivity contribution < 1.29 is 0 Å². The largest absolute Gasteiger partial charge is 0.0694 e. The van der Waals surface area contributed by atoms with E-state index in [0.29, 0.717) is 0 Å². The molecule has 1 aliphatic heterocycles. The van der Waals surface area contributed by atoms with E-state index in [1.165, 1.54) is 0 Å². The fourth-order valence-corrected chi connectivity index (χ4v) is 153. The van der Waals surface area contributed by atoms with E-state index < -0.39 is 47.5 Å². The molecule has 1 rings (SSSR count). The lowest BCUT2D eigenvalue weighted by molar-refractivity contribution is 0.679. The molecule has 0 spiro atoms. The van der Waals surface area contributed by atoms with Crippen LogP contribution < -0.4 is 0 Å². The summed E-state index contributed by atoms with van der Waals surface area (Å²) in [6.45, 7) is 50.9. The Kier molecular flexibility index (Phi) is 9.73. The van der Waals surface area contributed by atoms with Crippen LogP contribution in [0.2, 0.25) is 125 Å². The van der Waals surface area contributed by atoms with Gasteiger partial charge in [0.25, 0.3) is 0 Å². The van der Waals surface area contributed by atoms with E-state index in [1.54, 1.807) is 31.0 Å². The molecule has 0 radical (unpaired) electrons. The quantitative estimate of drug-likeness (QED) is 0.235. The lowest BCUT2D eigenvalue weighted by Gasteiger charge is -2.68. The molecule has 0 unspecified atom stereocenters. The molecule has 0 aromatic heterocycles. The van der Waals surface area contributed by atoms with Gasteiger partial charge in [-0.05, 0) is 23.4 Å². The molecule has 196 valence electrons. The molecule has 1 heterocycles. The van der Waals surface area contributed by atoms with Crippen LogP contribution >= 0.6 is 0 Å². The zero-order valence-corrected chi connectivity index (χ0v) is 34.5. The van der Waals surface area contributed by atoms with Crippen molar-refractivity contribution in [2.24, 2.45) is 0 Å². The zero-order chi connectivity index (χ0) is 26.7. The second-order valence-corrected chi connectivity index (χ2v) is 70.1. The predicted octanol–water partition coefficient (Wildman–Crippen LogP) is 9.84. The van der Waals surface area contributed by atoms with Crippen LogP contribution in [-0.4, -0.2) is 62.3 Å². The molecular weight excluding hydrogens is 525 g/mol. The van der Waals surface area contributed by atoms with Gasteiger partial charge >= 0.3 is 0 Å². The highest BCUT2D eigenvalue weighted by Gasteiger charge is 2.68. The van der Waals surface area contributed by atoms with Crippen molar-refractivity contribution in [1.82, 2.24) is 0 Å². The van der Waals surface area contributed by atoms with Gasteiger partial charge in [0, 0.05) is 32.3 Å². The van der Waals surface area contributed by atoms with Crippen LogP contribution in [0.5, 0.6) is 0 Å². The lowest BCUT2D eigenvalue weighted by atomic mass is 10.3. The van der Waals surface area contributed by atoms with Crippen molar-refractivity contribution in [2.45, 2.75) is 159 Å². The summed E-state index contributed by atoms with van der Waals surface area (Å²) < 4.78 is 1.68. The van der Waals surface area contributed by atoms with Gasteiger partial charge in [-0.1, -0.05) is 150 Å². The van der Waals surface area contributed by atoms with Crippen LogP contribution in [0.1, 0.15) is 33.6 Å². The first-order chi connectivity index (χ1) is 14.4. The second-order valence-electron chi connectivity index (χ2n) is 16.7. The molecule has 33 heavy (non-hydrogen) atoms. The van der Waals surface area contributed by atoms with Crippen LogP contribution in [0.25, 0.3) is 0 Å². The Morgan fingerprint density at radius 3 is 0.879 bits per heavy atom. The normalized spacial score (nSPS) is 20.9. The van der Waals surface area contributed by atoms with E-state index in [9.17, 15) is 0 Å². The van der Waals surface area contributed by atoms with Crippen molar-refractivity contribution in [1.29, 1.82) is 0 Å². The topological polar surface area (TPSA) is 0 Å². The van der Waals surface area contributed by atoms with E-state index in [0.717, 1.165) is 8.57 Å². The van der Waals surface area contributed by atoms with Crippen LogP contribution in [0.4, 0.5) is 0 Å². The van der Waals surface area contributed by atoms with Crippen molar-refractivity contribution >= 4 is 62.3 Å². The molecule has 0 fully saturated rings. The standard InChI is InChI=1S/C25H64Si8/c1-19-33(20-2,21-3)27-25(30(10,11)12,31(13,14)15)23-22-24(28(4,5)6,29(7,8)9)26(27)32(16,17)18/h19-23H2,1-18H3. The molecule has 8 heteroatoms. The van der Waals surface area contributed by atoms with Gasteiger partial charge in [-0.3, -0.25) is 0 Å². The molecule has 1 aliphatic rings. The van der Waals surface area contributed by atoms with Crippen LogP contribution in [0.15, 0.2) is 0 Å². The summed E-state index contributed by atoms with van der Waals surface area (Å²) in [5.74, 6) is 0. The fraction of sp³-hybridized carbons (Fsp3) is 1.00. The maximum atomic E-state index is 2.89. The summed E-state index contributed by atoms with van der Waals surface area (Å²) in [5, 5.41) is 0. The van der Waals surface area contributed by atoms with Gasteiger partial charge in [0.05, 0.1) is 15.2 Å². The summed E-state index contributed by atoms with van der Waals surface area (Å²) in [4.78, 5) is 0. The van der Waals surface area contributed by atoms with E-state index >= 15 is 0 Å². The fourth-order valence-electron chi connectivity index (χ4n) is 9.32. The Morgan fingerprint density at radius 2 is 0.697 bits per heavy atom. The summed E-state index contributed by atoms with van der Waals surface area (Å²) in [5.41, 5.74) is 0. The third-order valence-corrected chi connectivity index (χ3v) is 93.7. The van der Waals surface area contributed by atoms with Gasteiger partial charge in [-0.25, -0.2) is 0 Å². The molecule has 0 N–H and O–H groups in total. The zero-order valence-electron chi connectivity index (χ0n) is 26.5. The van der Waals surface area contributed by atoms with Crippen molar-refractivity contribution in [2.75, 3.05) is 0 Å². The summed E-state index contributed by atoms with van der Waals surface area (Å²) in [6, 6.07) is 4.78. The van der Waals surface area contributed by atoms with Gasteiger partial charge in [-0.15, -0.1) is 0 Å². The maximum absolute atomic E-state index is 2.89. The van der Waals surface area contributed by atoms with Crippen molar-refractivity contribution in [3.63, 3.8) is 0 Å². The van der Waals surface area contributed by atoms with E-state index in [4.69, 9.17) is 0 Å². The Morgan fingerprint density at radius 1 is 0.455 bits per heavy atom. The first-order valence-corrected chi connectivity index (χ1v) is 40.3. The minimum Gasteiger partial charge on any atom is -0.0694 e. The van der Waals surface area contributed by atoms with Crippen LogP contribution in [0, 0.1) is 0 Å². The smallest absolute Gasteiger partial charge is 0.0584 e. The number of rotatable bonds is 9. The van der Waals surface area contributed by atoms with Gasteiger partial charge in [0.2, 0.25) is 0 Å². The first kappa shape index (κ1) is 32.8. The van der Waals surface area contributed by atoms with Crippen molar-refractivity contribution in [3.8, 4) is 0 Å². The van der Waals surface area contributed by atoms with Crippen LogP contribution in [0.3, 0.4) is 0 Å². The SMILES string of the molecule is CC[Si](CC)(CC)[Si]1=[Si]([Si](C)(C)C)C([Si](C)(C)C)([Si](C)(C)C)CCC1([Si](C)(C)C)[Si](C)(C)C. The summed E-state index contributed by atoms with van der Waals surface area (Å²) in [7, 11) is -8.70. The Hall–Kier alpha value is 1.74. The Bertz CT molecular complexity index is 693. The molecule has 0 nitrogen and oxygen atoms in total. The molecule has 0 bridgehead atoms. The van der Waals surface area contributed by atoms with Gasteiger partial charge < -0.3 is 0 Å². The molecule has 0 saturated heterocycles. The minimum absolute atomic E-state index is 0.381. The second kappa shape index (κ2) is 9.80. The van der Waals surface area contributed by atoms with Gasteiger partial charge in [0.15, 0.2) is 0 Å². The highest BCUT2D eigenvalue weighted by Crippen LogP contribution is 2.64. The molecule has 0 aromatic carbocycles. The lowest BCUT2D eigenvalue weighted by Crippen LogP contribution is -2.78. The van der Waals surface area contributed by atoms with Crippen molar-refractivity contribution in [3.05, 3.63) is 0 Å².